The molecule has 1 unspecified atom stereocenters. The summed E-state index contributed by atoms with van der Waals surface area (Å²) in [6.45, 7) is 4.67. The Balaban J connectivity index is 3.74. The van der Waals surface area contributed by atoms with Gasteiger partial charge in [0.15, 0.2) is 0 Å². The van der Waals surface area contributed by atoms with Crippen molar-refractivity contribution in [2.24, 2.45) is 0 Å². The van der Waals surface area contributed by atoms with Gasteiger partial charge in [0.1, 0.15) is 6.23 Å². The summed E-state index contributed by atoms with van der Waals surface area (Å²) in [5.74, 6) is 0. The number of nitrogens with zero attached hydrogens (tertiary/aromatic N) is 1. The molecule has 0 aromatic carbocycles. The van der Waals surface area contributed by atoms with Crippen LogP contribution in [-0.2, 0) is 9.57 Å². The van der Waals surface area contributed by atoms with E-state index < -0.39 is 0 Å². The van der Waals surface area contributed by atoms with E-state index in [9.17, 15) is 0 Å². The Labute approximate surface area is 68.5 Å². The lowest BCUT2D eigenvalue weighted by Crippen LogP contribution is -2.33. The molecule has 1 atom stereocenters. The summed E-state index contributed by atoms with van der Waals surface area (Å²) >= 11 is 0. The predicted molar refractivity (Wildman–Crippen MR) is 45.0 cm³/mol. The first kappa shape index (κ1) is 10.6. The zero-order valence-electron chi connectivity index (χ0n) is 7.70. The minimum absolute atomic E-state index is 0.00352. The van der Waals surface area contributed by atoms with E-state index in [-0.39, 0.29) is 6.23 Å². The van der Waals surface area contributed by atoms with Gasteiger partial charge in [-0.2, -0.15) is 5.06 Å². The summed E-state index contributed by atoms with van der Waals surface area (Å²) in [5.41, 5.74) is 0. The van der Waals surface area contributed by atoms with Crippen LogP contribution in [0.1, 0.15) is 13.8 Å². The Bertz CT molecular complexity index is 115. The van der Waals surface area contributed by atoms with E-state index in [1.165, 1.54) is 0 Å². The molecule has 0 aliphatic rings. The van der Waals surface area contributed by atoms with Gasteiger partial charge >= 0.3 is 0 Å². The third-order valence-corrected chi connectivity index (χ3v) is 1.50. The Morgan fingerprint density at radius 1 is 1.45 bits per heavy atom. The standard InChI is InChI=1S/C8H17NO2/c1-5-6-7-9(11-4)8(2)10-3/h5-6,8H,7H2,1-4H3. The SMILES string of the molecule is CC=CCN(OC)C(C)OC. The predicted octanol–water partition coefficient (Wildman–Crippen LogP) is 1.42. The van der Waals surface area contributed by atoms with Crippen molar-refractivity contribution in [3.8, 4) is 0 Å². The van der Waals surface area contributed by atoms with Gasteiger partial charge in [0.05, 0.1) is 7.11 Å². The second-order valence-corrected chi connectivity index (χ2v) is 2.19. The van der Waals surface area contributed by atoms with E-state index >= 15 is 0 Å². The van der Waals surface area contributed by atoms with Crippen LogP contribution in [-0.4, -0.2) is 32.1 Å². The zero-order chi connectivity index (χ0) is 8.69. The van der Waals surface area contributed by atoms with Crippen LogP contribution in [0.15, 0.2) is 12.2 Å². The average molecular weight is 159 g/mol. The molecule has 0 bridgehead atoms. The quantitative estimate of drug-likeness (QED) is 0.344. The molecule has 3 nitrogen and oxygen atoms in total. The highest BCUT2D eigenvalue weighted by Gasteiger charge is 2.08. The largest absolute Gasteiger partial charge is 0.365 e. The molecule has 0 aliphatic carbocycles. The van der Waals surface area contributed by atoms with Crippen LogP contribution in [0.25, 0.3) is 0 Å². The molecule has 0 saturated carbocycles. The topological polar surface area (TPSA) is 21.7 Å². The summed E-state index contributed by atoms with van der Waals surface area (Å²) in [6, 6.07) is 0. The van der Waals surface area contributed by atoms with Gasteiger partial charge in [-0.3, -0.25) is 4.84 Å². The number of ether oxygens (including phenoxy) is 1. The first-order valence-electron chi connectivity index (χ1n) is 3.71. The van der Waals surface area contributed by atoms with Crippen molar-refractivity contribution in [2.45, 2.75) is 20.1 Å². The molecular formula is C8H17NO2. The third-order valence-electron chi connectivity index (χ3n) is 1.50. The van der Waals surface area contributed by atoms with Crippen molar-refractivity contribution in [1.29, 1.82) is 0 Å². The van der Waals surface area contributed by atoms with E-state index in [4.69, 9.17) is 9.57 Å². The maximum atomic E-state index is 5.07. The third kappa shape index (κ3) is 4.14. The first-order chi connectivity index (χ1) is 5.26. The van der Waals surface area contributed by atoms with Crippen molar-refractivity contribution >= 4 is 0 Å². The molecule has 0 aromatic heterocycles. The summed E-state index contributed by atoms with van der Waals surface area (Å²) in [7, 11) is 3.30. The van der Waals surface area contributed by atoms with Crippen LogP contribution in [0.2, 0.25) is 0 Å². The second-order valence-electron chi connectivity index (χ2n) is 2.19. The fraction of sp³-hybridized carbons (Fsp3) is 0.750. The Morgan fingerprint density at radius 2 is 2.09 bits per heavy atom. The Morgan fingerprint density at radius 3 is 2.45 bits per heavy atom. The molecule has 11 heavy (non-hydrogen) atoms. The van der Waals surface area contributed by atoms with E-state index in [1.54, 1.807) is 19.3 Å². The van der Waals surface area contributed by atoms with Crippen LogP contribution < -0.4 is 0 Å². The van der Waals surface area contributed by atoms with E-state index in [0.29, 0.717) is 0 Å². The Kier molecular flexibility index (Phi) is 6.12. The minimum Gasteiger partial charge on any atom is -0.365 e. The molecule has 0 aliphatic heterocycles. The maximum Gasteiger partial charge on any atom is 0.130 e. The first-order valence-corrected chi connectivity index (χ1v) is 3.71. The highest BCUT2D eigenvalue weighted by atomic mass is 16.7. The second kappa shape index (κ2) is 6.34. The molecule has 0 rings (SSSR count). The fourth-order valence-corrected chi connectivity index (χ4v) is 0.698. The van der Waals surface area contributed by atoms with Gasteiger partial charge in [0, 0.05) is 13.7 Å². The van der Waals surface area contributed by atoms with Crippen molar-refractivity contribution in [3.05, 3.63) is 12.2 Å². The number of hydrogen-bond donors (Lipinski definition) is 0. The summed E-state index contributed by atoms with van der Waals surface area (Å²) in [6.07, 6.45) is 3.99. The number of allylic oxidation sites excluding steroid dienone is 1. The van der Waals surface area contributed by atoms with Gasteiger partial charge in [0.25, 0.3) is 0 Å². The molecule has 0 heterocycles. The van der Waals surface area contributed by atoms with Gasteiger partial charge in [-0.1, -0.05) is 12.2 Å². The number of methoxy groups -OCH3 is 1. The van der Waals surface area contributed by atoms with Gasteiger partial charge in [-0.15, -0.1) is 0 Å². The number of hydrogen-bond acceptors (Lipinski definition) is 3. The molecule has 0 saturated heterocycles. The van der Waals surface area contributed by atoms with Crippen LogP contribution in [0.3, 0.4) is 0 Å². The highest BCUT2D eigenvalue weighted by Crippen LogP contribution is 1.98. The van der Waals surface area contributed by atoms with Crippen LogP contribution in [0.5, 0.6) is 0 Å². The van der Waals surface area contributed by atoms with E-state index in [1.807, 2.05) is 26.0 Å². The van der Waals surface area contributed by atoms with Gasteiger partial charge in [0.2, 0.25) is 0 Å². The van der Waals surface area contributed by atoms with Crippen molar-refractivity contribution in [2.75, 3.05) is 20.8 Å². The fourth-order valence-electron chi connectivity index (χ4n) is 0.698. The van der Waals surface area contributed by atoms with E-state index in [2.05, 4.69) is 0 Å². The molecule has 0 spiro atoms. The van der Waals surface area contributed by atoms with Crippen LogP contribution >= 0.6 is 0 Å². The van der Waals surface area contributed by atoms with E-state index in [0.717, 1.165) is 6.54 Å². The number of rotatable bonds is 5. The molecule has 0 fully saturated rings. The monoisotopic (exact) mass is 159 g/mol. The van der Waals surface area contributed by atoms with Gasteiger partial charge < -0.3 is 4.74 Å². The van der Waals surface area contributed by atoms with Crippen molar-refractivity contribution in [1.82, 2.24) is 5.06 Å². The number of hydroxylamine groups is 2. The Hall–Kier alpha value is -0.380. The van der Waals surface area contributed by atoms with Gasteiger partial charge in [-0.05, 0) is 13.8 Å². The lowest BCUT2D eigenvalue weighted by Gasteiger charge is -2.23. The van der Waals surface area contributed by atoms with Crippen molar-refractivity contribution < 1.29 is 9.57 Å². The highest BCUT2D eigenvalue weighted by molar-refractivity contribution is 4.79. The smallest absolute Gasteiger partial charge is 0.130 e. The van der Waals surface area contributed by atoms with Crippen LogP contribution in [0, 0.1) is 0 Å². The summed E-state index contributed by atoms with van der Waals surface area (Å²) in [4.78, 5) is 5.06. The lowest BCUT2D eigenvalue weighted by molar-refractivity contribution is -0.216. The maximum absolute atomic E-state index is 5.07. The molecule has 0 radical (unpaired) electrons. The minimum atomic E-state index is -0.00352. The molecule has 0 N–H and O–H groups in total. The van der Waals surface area contributed by atoms with Crippen molar-refractivity contribution in [3.63, 3.8) is 0 Å². The van der Waals surface area contributed by atoms with Crippen LogP contribution in [0.4, 0.5) is 0 Å². The molecular weight excluding hydrogens is 142 g/mol. The summed E-state index contributed by atoms with van der Waals surface area (Å²) in [5, 5.41) is 1.75. The summed E-state index contributed by atoms with van der Waals surface area (Å²) < 4.78 is 5.07. The van der Waals surface area contributed by atoms with Gasteiger partial charge in [-0.25, -0.2) is 0 Å². The molecule has 0 aromatic rings. The molecule has 66 valence electrons. The molecule has 0 amide bonds. The average Bonchev–Trinajstić information content (AvgIpc) is 2.05. The lowest BCUT2D eigenvalue weighted by atomic mass is 10.5. The zero-order valence-corrected chi connectivity index (χ0v) is 7.70. The molecule has 3 heteroatoms. The normalized spacial score (nSPS) is 14.6.